The topological polar surface area (TPSA) is 128 Å². The van der Waals surface area contributed by atoms with Gasteiger partial charge in [0.25, 0.3) is 0 Å². The summed E-state index contributed by atoms with van der Waals surface area (Å²) in [5.74, 6) is -2.59. The van der Waals surface area contributed by atoms with E-state index in [-0.39, 0.29) is 6.54 Å². The van der Waals surface area contributed by atoms with Crippen LogP contribution in [0, 0.1) is 0 Å². The molecule has 0 aromatic rings. The van der Waals surface area contributed by atoms with Crippen LogP contribution < -0.4 is 15.7 Å². The number of nitrogens with zero attached hydrogens (tertiary/aromatic N) is 1. The number of rotatable bonds is 6. The Labute approximate surface area is 129 Å². The summed E-state index contributed by atoms with van der Waals surface area (Å²) in [5.41, 5.74) is -0.691. The van der Waals surface area contributed by atoms with Crippen molar-refractivity contribution in [3.8, 4) is 0 Å². The molecule has 0 aliphatic rings. The van der Waals surface area contributed by atoms with Crippen molar-refractivity contribution in [3.63, 3.8) is 0 Å². The Balaban J connectivity index is 4.23. The molecule has 9 nitrogen and oxygen atoms in total. The van der Waals surface area contributed by atoms with Crippen molar-refractivity contribution in [2.75, 3.05) is 20.1 Å². The third kappa shape index (κ3) is 8.77. The minimum atomic E-state index is -1.40. The van der Waals surface area contributed by atoms with Crippen LogP contribution in [-0.4, -0.2) is 60.6 Å². The van der Waals surface area contributed by atoms with Gasteiger partial charge in [0.1, 0.15) is 11.6 Å². The quantitative estimate of drug-likeness (QED) is 0.596. The lowest BCUT2D eigenvalue weighted by atomic mass is 10.2. The molecule has 0 unspecified atom stereocenters. The molecule has 126 valence electrons. The number of aliphatic carboxylic acids is 1. The molecule has 3 amide bonds. The number of alkyl carbamates (subject to hydrolysis) is 1. The molecule has 0 fully saturated rings. The van der Waals surface area contributed by atoms with Crippen LogP contribution in [0.3, 0.4) is 0 Å². The van der Waals surface area contributed by atoms with E-state index >= 15 is 0 Å². The highest BCUT2D eigenvalue weighted by atomic mass is 16.6. The third-order valence-electron chi connectivity index (χ3n) is 2.33. The Bertz CT molecular complexity index is 444. The number of hydrogen-bond donors (Lipinski definition) is 2. The van der Waals surface area contributed by atoms with Crippen LogP contribution >= 0.6 is 0 Å². The van der Waals surface area contributed by atoms with Gasteiger partial charge in [0.2, 0.25) is 11.8 Å². The molecule has 0 rings (SSSR count). The van der Waals surface area contributed by atoms with Gasteiger partial charge in [0.05, 0.1) is 19.1 Å². The smallest absolute Gasteiger partial charge is 0.408 e. The molecule has 0 saturated carbocycles. The first kappa shape index (κ1) is 19.7. The Kier molecular flexibility index (Phi) is 7.34. The van der Waals surface area contributed by atoms with Crippen molar-refractivity contribution in [1.82, 2.24) is 15.5 Å². The molecular formula is C13H22N3O6-. The second kappa shape index (κ2) is 8.20. The van der Waals surface area contributed by atoms with E-state index in [0.717, 1.165) is 4.90 Å². The van der Waals surface area contributed by atoms with Crippen molar-refractivity contribution in [3.05, 3.63) is 0 Å². The van der Waals surface area contributed by atoms with Crippen LogP contribution in [0.1, 0.15) is 27.7 Å². The fourth-order valence-corrected chi connectivity index (χ4v) is 1.28. The summed E-state index contributed by atoms with van der Waals surface area (Å²) >= 11 is 0. The summed E-state index contributed by atoms with van der Waals surface area (Å²) in [5, 5.41) is 15.0. The van der Waals surface area contributed by atoms with E-state index in [1.54, 1.807) is 20.8 Å². The van der Waals surface area contributed by atoms with Gasteiger partial charge in [0, 0.05) is 7.05 Å². The maximum absolute atomic E-state index is 11.7. The summed E-state index contributed by atoms with van der Waals surface area (Å²) in [6.07, 6.45) is -0.754. The van der Waals surface area contributed by atoms with Crippen LogP contribution in [-0.2, 0) is 19.1 Å². The van der Waals surface area contributed by atoms with Gasteiger partial charge >= 0.3 is 6.09 Å². The molecular weight excluding hydrogens is 294 g/mol. The van der Waals surface area contributed by atoms with Gasteiger partial charge < -0.3 is 30.2 Å². The summed E-state index contributed by atoms with van der Waals surface area (Å²) < 4.78 is 4.99. The highest BCUT2D eigenvalue weighted by molar-refractivity contribution is 5.89. The summed E-state index contributed by atoms with van der Waals surface area (Å²) in [7, 11) is 1.27. The Hall–Kier alpha value is -2.32. The highest BCUT2D eigenvalue weighted by Gasteiger charge is 2.21. The molecule has 2 N–H and O–H groups in total. The van der Waals surface area contributed by atoms with E-state index in [2.05, 4.69) is 10.6 Å². The number of carboxylic acid groups (broad SMARTS) is 1. The fraction of sp³-hybridized carbons (Fsp3) is 0.692. The number of amides is 3. The average Bonchev–Trinajstić information content (AvgIpc) is 2.31. The van der Waals surface area contributed by atoms with Crippen molar-refractivity contribution in [2.45, 2.75) is 39.3 Å². The van der Waals surface area contributed by atoms with Crippen LogP contribution in [0.25, 0.3) is 0 Å². The SMILES string of the molecule is C[C@H](NC(=O)OC(C)(C)C)C(=O)NCC(=O)N(C)CC(=O)[O-]. The normalized spacial score (nSPS) is 12.0. The van der Waals surface area contributed by atoms with Crippen LogP contribution in [0.15, 0.2) is 0 Å². The maximum Gasteiger partial charge on any atom is 0.408 e. The number of hydrogen-bond acceptors (Lipinski definition) is 6. The average molecular weight is 316 g/mol. The number of nitrogens with one attached hydrogen (secondary N) is 2. The Morgan fingerprint density at radius 3 is 2.23 bits per heavy atom. The lowest BCUT2D eigenvalue weighted by Gasteiger charge is -2.22. The summed E-state index contributed by atoms with van der Waals surface area (Å²) in [6, 6.07) is -0.908. The van der Waals surface area contributed by atoms with E-state index in [1.807, 2.05) is 0 Å². The monoisotopic (exact) mass is 316 g/mol. The predicted molar refractivity (Wildman–Crippen MR) is 74.5 cm³/mol. The lowest BCUT2D eigenvalue weighted by molar-refractivity contribution is -0.305. The molecule has 22 heavy (non-hydrogen) atoms. The van der Waals surface area contributed by atoms with Gasteiger partial charge in [-0.1, -0.05) is 0 Å². The molecule has 0 aliphatic heterocycles. The number of carbonyl (C=O) groups excluding carboxylic acids is 4. The molecule has 0 spiro atoms. The Morgan fingerprint density at radius 1 is 1.23 bits per heavy atom. The molecule has 0 aromatic carbocycles. The van der Waals surface area contributed by atoms with E-state index in [9.17, 15) is 24.3 Å². The van der Waals surface area contributed by atoms with Gasteiger partial charge in [-0.15, -0.1) is 0 Å². The molecule has 9 heteroatoms. The van der Waals surface area contributed by atoms with Crippen LogP contribution in [0.5, 0.6) is 0 Å². The highest BCUT2D eigenvalue weighted by Crippen LogP contribution is 2.06. The van der Waals surface area contributed by atoms with E-state index in [0.29, 0.717) is 0 Å². The van der Waals surface area contributed by atoms with Crippen LogP contribution in [0.4, 0.5) is 4.79 Å². The molecule has 0 aromatic heterocycles. The molecule has 0 bridgehead atoms. The summed E-state index contributed by atoms with van der Waals surface area (Å²) in [6.45, 7) is 5.52. The number of likely N-dealkylation sites (N-methyl/N-ethyl adjacent to an activating group) is 1. The zero-order chi connectivity index (χ0) is 17.5. The zero-order valence-electron chi connectivity index (χ0n) is 13.4. The van der Waals surface area contributed by atoms with E-state index in [1.165, 1.54) is 14.0 Å². The number of carbonyl (C=O) groups is 4. The largest absolute Gasteiger partial charge is 0.548 e. The second-order valence-electron chi connectivity index (χ2n) is 5.71. The molecule has 1 atom stereocenters. The molecule has 0 radical (unpaired) electrons. The van der Waals surface area contributed by atoms with Crippen LogP contribution in [0.2, 0.25) is 0 Å². The number of ether oxygens (including phenoxy) is 1. The predicted octanol–water partition coefficient (Wildman–Crippen LogP) is -1.78. The third-order valence-corrected chi connectivity index (χ3v) is 2.33. The van der Waals surface area contributed by atoms with Crippen molar-refractivity contribution < 1.29 is 29.0 Å². The molecule has 0 heterocycles. The van der Waals surface area contributed by atoms with Gasteiger partial charge in [-0.3, -0.25) is 9.59 Å². The van der Waals surface area contributed by atoms with Gasteiger partial charge in [0.15, 0.2) is 0 Å². The minimum absolute atomic E-state index is 0.386. The standard InChI is InChI=1S/C13H23N3O6/c1-8(15-12(21)22-13(2,3)4)11(20)14-6-9(17)16(5)7-10(18)19/h8H,6-7H2,1-5H3,(H,14,20)(H,15,21)(H,18,19)/p-1/t8-/m0/s1. The molecule has 0 aliphatic carbocycles. The number of carboxylic acids is 1. The molecule has 0 saturated heterocycles. The maximum atomic E-state index is 11.7. The van der Waals surface area contributed by atoms with Crippen molar-refractivity contribution in [1.29, 1.82) is 0 Å². The van der Waals surface area contributed by atoms with E-state index in [4.69, 9.17) is 4.74 Å². The van der Waals surface area contributed by atoms with Gasteiger partial charge in [-0.25, -0.2) is 4.79 Å². The fourth-order valence-electron chi connectivity index (χ4n) is 1.28. The van der Waals surface area contributed by atoms with E-state index < -0.39 is 42.1 Å². The second-order valence-corrected chi connectivity index (χ2v) is 5.71. The zero-order valence-corrected chi connectivity index (χ0v) is 13.4. The Morgan fingerprint density at radius 2 is 1.77 bits per heavy atom. The van der Waals surface area contributed by atoms with Crippen molar-refractivity contribution in [2.24, 2.45) is 0 Å². The van der Waals surface area contributed by atoms with Gasteiger partial charge in [-0.05, 0) is 27.7 Å². The summed E-state index contributed by atoms with van der Waals surface area (Å²) in [4.78, 5) is 46.0. The van der Waals surface area contributed by atoms with Gasteiger partial charge in [-0.2, -0.15) is 0 Å². The first-order chi connectivity index (χ1) is 9.92. The first-order valence-electron chi connectivity index (χ1n) is 6.63. The minimum Gasteiger partial charge on any atom is -0.548 e. The lowest BCUT2D eigenvalue weighted by Crippen LogP contribution is -2.49. The van der Waals surface area contributed by atoms with Crippen molar-refractivity contribution >= 4 is 23.9 Å². The first-order valence-corrected chi connectivity index (χ1v) is 6.63.